The van der Waals surface area contributed by atoms with Gasteiger partial charge in [-0.3, -0.25) is 4.79 Å². The van der Waals surface area contributed by atoms with Crippen molar-refractivity contribution in [2.24, 2.45) is 0 Å². The Kier molecular flexibility index (Phi) is 5.00. The van der Waals surface area contributed by atoms with E-state index < -0.39 is 16.1 Å². The zero-order valence-corrected chi connectivity index (χ0v) is 13.3. The Hall–Kier alpha value is -1.40. The molecule has 6 heteroatoms. The molecule has 21 heavy (non-hydrogen) atoms. The maximum atomic E-state index is 12.3. The van der Waals surface area contributed by atoms with Gasteiger partial charge >= 0.3 is 0 Å². The highest BCUT2D eigenvalue weighted by Gasteiger charge is 2.37. The van der Waals surface area contributed by atoms with E-state index in [9.17, 15) is 13.2 Å². The van der Waals surface area contributed by atoms with Crippen LogP contribution in [-0.4, -0.2) is 37.0 Å². The first-order chi connectivity index (χ1) is 9.94. The largest absolute Gasteiger partial charge is 0.325 e. The molecule has 0 radical (unpaired) electrons. The van der Waals surface area contributed by atoms with Crippen LogP contribution in [0.5, 0.6) is 0 Å². The predicted molar refractivity (Wildman–Crippen MR) is 83.6 cm³/mol. The summed E-state index contributed by atoms with van der Waals surface area (Å²) in [6.45, 7) is 4.24. The molecule has 1 saturated heterocycles. The molecule has 1 atom stereocenters. The summed E-state index contributed by atoms with van der Waals surface area (Å²) >= 11 is 0. The molecule has 0 unspecified atom stereocenters. The molecule has 0 spiro atoms. The third-order valence-corrected chi connectivity index (χ3v) is 5.72. The van der Waals surface area contributed by atoms with Gasteiger partial charge < -0.3 is 5.32 Å². The second-order valence-electron chi connectivity index (χ2n) is 5.44. The van der Waals surface area contributed by atoms with E-state index in [1.54, 1.807) is 0 Å². The standard InChI is InChI=1S/C15H22N2O3S/c1-3-11-21(19,20)17-10-4-5-14(17)15(18)16-13-8-6-12(2)7-9-13/h6-9,14H,3-5,10-11H2,1-2H3,(H,16,18)/t14-/m1/s1. The average Bonchev–Trinajstić information content (AvgIpc) is 2.91. The highest BCUT2D eigenvalue weighted by Crippen LogP contribution is 2.23. The minimum atomic E-state index is -3.33. The molecule has 1 aromatic carbocycles. The Labute approximate surface area is 126 Å². The van der Waals surface area contributed by atoms with Gasteiger partial charge in [0.15, 0.2) is 0 Å². The third-order valence-electron chi connectivity index (χ3n) is 3.64. The van der Waals surface area contributed by atoms with Gasteiger partial charge in [0.25, 0.3) is 0 Å². The number of nitrogens with one attached hydrogen (secondary N) is 1. The lowest BCUT2D eigenvalue weighted by Crippen LogP contribution is -2.44. The molecular weight excluding hydrogens is 288 g/mol. The molecule has 1 N–H and O–H groups in total. The Morgan fingerprint density at radius 3 is 2.62 bits per heavy atom. The minimum Gasteiger partial charge on any atom is -0.325 e. The lowest BCUT2D eigenvalue weighted by atomic mass is 10.2. The first-order valence-corrected chi connectivity index (χ1v) is 8.92. The van der Waals surface area contributed by atoms with Gasteiger partial charge in [-0.2, -0.15) is 4.31 Å². The maximum Gasteiger partial charge on any atom is 0.242 e. The number of nitrogens with zero attached hydrogens (tertiary/aromatic N) is 1. The van der Waals surface area contributed by atoms with E-state index in [4.69, 9.17) is 0 Å². The predicted octanol–water partition coefficient (Wildman–Crippen LogP) is 2.14. The fourth-order valence-corrected chi connectivity index (χ4v) is 4.32. The second kappa shape index (κ2) is 6.58. The van der Waals surface area contributed by atoms with E-state index in [1.807, 2.05) is 38.1 Å². The molecule has 0 bridgehead atoms. The van der Waals surface area contributed by atoms with E-state index in [0.29, 0.717) is 25.1 Å². The topological polar surface area (TPSA) is 66.5 Å². The first kappa shape index (κ1) is 16.0. The molecular formula is C15H22N2O3S. The number of carbonyl (C=O) groups is 1. The van der Waals surface area contributed by atoms with Crippen molar-refractivity contribution in [2.45, 2.75) is 39.2 Å². The summed E-state index contributed by atoms with van der Waals surface area (Å²) in [6, 6.07) is 6.90. The number of carbonyl (C=O) groups excluding carboxylic acids is 1. The molecule has 116 valence electrons. The highest BCUT2D eigenvalue weighted by atomic mass is 32.2. The van der Waals surface area contributed by atoms with Crippen LogP contribution < -0.4 is 5.32 Å². The van der Waals surface area contributed by atoms with Gasteiger partial charge in [-0.05, 0) is 38.3 Å². The smallest absolute Gasteiger partial charge is 0.242 e. The number of sulfonamides is 1. The van der Waals surface area contributed by atoms with Crippen LogP contribution in [0, 0.1) is 6.92 Å². The summed E-state index contributed by atoms with van der Waals surface area (Å²) in [4.78, 5) is 12.3. The van der Waals surface area contributed by atoms with E-state index >= 15 is 0 Å². The van der Waals surface area contributed by atoms with Crippen LogP contribution in [0.25, 0.3) is 0 Å². The number of anilines is 1. The van der Waals surface area contributed by atoms with Crippen molar-refractivity contribution in [1.82, 2.24) is 4.31 Å². The summed E-state index contributed by atoms with van der Waals surface area (Å²) < 4.78 is 25.7. The number of hydrogen-bond donors (Lipinski definition) is 1. The monoisotopic (exact) mass is 310 g/mol. The molecule has 1 heterocycles. The lowest BCUT2D eigenvalue weighted by molar-refractivity contribution is -0.119. The summed E-state index contributed by atoms with van der Waals surface area (Å²) in [5.74, 6) is -0.141. The fraction of sp³-hybridized carbons (Fsp3) is 0.533. The van der Waals surface area contributed by atoms with Crippen LogP contribution in [0.4, 0.5) is 5.69 Å². The van der Waals surface area contributed by atoms with E-state index in [2.05, 4.69) is 5.32 Å². The zero-order chi connectivity index (χ0) is 15.5. The molecule has 0 saturated carbocycles. The Morgan fingerprint density at radius 1 is 1.33 bits per heavy atom. The molecule has 1 aromatic rings. The van der Waals surface area contributed by atoms with E-state index in [0.717, 1.165) is 12.0 Å². The summed E-state index contributed by atoms with van der Waals surface area (Å²) in [5.41, 5.74) is 1.81. The van der Waals surface area contributed by atoms with Crippen molar-refractivity contribution in [3.8, 4) is 0 Å². The highest BCUT2D eigenvalue weighted by molar-refractivity contribution is 7.89. The van der Waals surface area contributed by atoms with Gasteiger partial charge in [-0.1, -0.05) is 24.6 Å². The van der Waals surface area contributed by atoms with Crippen LogP contribution in [-0.2, 0) is 14.8 Å². The summed E-state index contributed by atoms with van der Waals surface area (Å²) in [6.07, 6.45) is 1.88. The molecule has 1 aliphatic heterocycles. The normalized spacial score (nSPS) is 19.6. The number of aryl methyl sites for hydroxylation is 1. The van der Waals surface area contributed by atoms with Gasteiger partial charge in [-0.25, -0.2) is 8.42 Å². The van der Waals surface area contributed by atoms with Gasteiger partial charge in [0.05, 0.1) is 5.75 Å². The number of amides is 1. The average molecular weight is 310 g/mol. The molecule has 1 amide bonds. The number of rotatable bonds is 5. The quantitative estimate of drug-likeness (QED) is 0.906. The van der Waals surface area contributed by atoms with Crippen LogP contribution in [0.1, 0.15) is 31.7 Å². The van der Waals surface area contributed by atoms with Gasteiger partial charge in [0, 0.05) is 12.2 Å². The van der Waals surface area contributed by atoms with E-state index in [-0.39, 0.29) is 11.7 Å². The molecule has 1 fully saturated rings. The first-order valence-electron chi connectivity index (χ1n) is 7.31. The van der Waals surface area contributed by atoms with Gasteiger partial charge in [0.2, 0.25) is 15.9 Å². The van der Waals surface area contributed by atoms with Gasteiger partial charge in [-0.15, -0.1) is 0 Å². The minimum absolute atomic E-state index is 0.0985. The number of hydrogen-bond acceptors (Lipinski definition) is 3. The lowest BCUT2D eigenvalue weighted by Gasteiger charge is -2.23. The maximum absolute atomic E-state index is 12.3. The van der Waals surface area contributed by atoms with Crippen molar-refractivity contribution < 1.29 is 13.2 Å². The fourth-order valence-electron chi connectivity index (χ4n) is 2.57. The van der Waals surface area contributed by atoms with Crippen molar-refractivity contribution >= 4 is 21.6 Å². The van der Waals surface area contributed by atoms with Gasteiger partial charge in [0.1, 0.15) is 6.04 Å². The molecule has 0 aromatic heterocycles. The van der Waals surface area contributed by atoms with Crippen LogP contribution in [0.3, 0.4) is 0 Å². The van der Waals surface area contributed by atoms with Crippen molar-refractivity contribution in [2.75, 3.05) is 17.6 Å². The molecule has 0 aliphatic carbocycles. The Balaban J connectivity index is 2.09. The Bertz CT molecular complexity index is 596. The molecule has 5 nitrogen and oxygen atoms in total. The summed E-state index contributed by atoms with van der Waals surface area (Å²) in [5, 5.41) is 2.81. The van der Waals surface area contributed by atoms with Crippen molar-refractivity contribution in [3.63, 3.8) is 0 Å². The molecule has 2 rings (SSSR count). The van der Waals surface area contributed by atoms with Crippen LogP contribution in [0.15, 0.2) is 24.3 Å². The van der Waals surface area contributed by atoms with Crippen molar-refractivity contribution in [1.29, 1.82) is 0 Å². The second-order valence-corrected chi connectivity index (χ2v) is 7.48. The SMILES string of the molecule is CCCS(=O)(=O)N1CCC[C@@H]1C(=O)Nc1ccc(C)cc1. The van der Waals surface area contributed by atoms with E-state index in [1.165, 1.54) is 4.31 Å². The third kappa shape index (κ3) is 3.83. The van der Waals surface area contributed by atoms with Crippen LogP contribution in [0.2, 0.25) is 0 Å². The van der Waals surface area contributed by atoms with Crippen molar-refractivity contribution in [3.05, 3.63) is 29.8 Å². The van der Waals surface area contributed by atoms with Crippen LogP contribution >= 0.6 is 0 Å². The zero-order valence-electron chi connectivity index (χ0n) is 12.5. The molecule has 1 aliphatic rings. The number of benzene rings is 1. The Morgan fingerprint density at radius 2 is 2.00 bits per heavy atom. The summed E-state index contributed by atoms with van der Waals surface area (Å²) in [7, 11) is -3.33.